The molecule has 3 unspecified atom stereocenters. The van der Waals surface area contributed by atoms with Gasteiger partial charge < -0.3 is 10.2 Å². The zero-order chi connectivity index (χ0) is 16.2. The first-order valence-electron chi connectivity index (χ1n) is 9.81. The largest absolute Gasteiger partial charge is 0.481 e. The van der Waals surface area contributed by atoms with E-state index in [4.69, 9.17) is 0 Å². The highest BCUT2D eigenvalue weighted by Crippen LogP contribution is 2.70. The van der Waals surface area contributed by atoms with E-state index in [9.17, 15) is 15.0 Å². The molecule has 0 aliphatic heterocycles. The molecule has 0 radical (unpaired) electrons. The summed E-state index contributed by atoms with van der Waals surface area (Å²) in [6.07, 6.45) is 11.7. The van der Waals surface area contributed by atoms with Crippen molar-refractivity contribution in [1.82, 2.24) is 0 Å². The smallest absolute Gasteiger partial charge is 0.303 e. The van der Waals surface area contributed by atoms with Gasteiger partial charge in [0.25, 0.3) is 0 Å². The van der Waals surface area contributed by atoms with Crippen LogP contribution in [-0.2, 0) is 4.79 Å². The van der Waals surface area contributed by atoms with Gasteiger partial charge in [0.1, 0.15) is 0 Å². The third-order valence-electron chi connectivity index (χ3n) is 8.70. The van der Waals surface area contributed by atoms with Crippen LogP contribution < -0.4 is 0 Å². The Bertz CT molecular complexity index is 489. The molecule has 0 aromatic carbocycles. The number of rotatable bonds is 3. The van der Waals surface area contributed by atoms with Crippen molar-refractivity contribution in [3.8, 4) is 0 Å². The summed E-state index contributed by atoms with van der Waals surface area (Å²) in [6.45, 7) is 2.88. The normalized spacial score (nSPS) is 51.8. The number of aliphatic carboxylic acids is 1. The van der Waals surface area contributed by atoms with Gasteiger partial charge in [-0.1, -0.05) is 13.3 Å². The first kappa shape index (κ1) is 15.9. The third kappa shape index (κ3) is 2.29. The van der Waals surface area contributed by atoms with Crippen LogP contribution in [0.1, 0.15) is 71.1 Å². The Labute approximate surface area is 139 Å². The molecule has 130 valence electrons. The van der Waals surface area contributed by atoms with Gasteiger partial charge in [0.15, 0.2) is 0 Å². The van der Waals surface area contributed by atoms with Crippen molar-refractivity contribution in [2.45, 2.75) is 71.1 Å². The molecule has 23 heavy (non-hydrogen) atoms. The molecule has 0 aromatic rings. The second-order valence-electron chi connectivity index (χ2n) is 9.50. The highest BCUT2D eigenvalue weighted by molar-refractivity contribution is 5.67. The molecule has 4 aliphatic carbocycles. The van der Waals surface area contributed by atoms with Crippen molar-refractivity contribution in [2.24, 2.45) is 40.4 Å². The molecule has 3 heteroatoms. The van der Waals surface area contributed by atoms with E-state index >= 15 is 0 Å². The second-order valence-corrected chi connectivity index (χ2v) is 9.50. The monoisotopic (exact) mass is 320 g/mol. The molecule has 0 heterocycles. The number of hydrogen-bond acceptors (Lipinski definition) is 2. The summed E-state index contributed by atoms with van der Waals surface area (Å²) in [5, 5.41) is 19.1. The van der Waals surface area contributed by atoms with E-state index in [0.717, 1.165) is 18.3 Å². The molecule has 7 atom stereocenters. The van der Waals surface area contributed by atoms with Gasteiger partial charge in [-0.2, -0.15) is 0 Å². The highest BCUT2D eigenvalue weighted by Gasteiger charge is 2.62. The summed E-state index contributed by atoms with van der Waals surface area (Å²) in [4.78, 5) is 11.3. The average molecular weight is 320 g/mol. The summed E-state index contributed by atoms with van der Waals surface area (Å²) >= 11 is 0. The minimum Gasteiger partial charge on any atom is -0.481 e. The van der Waals surface area contributed by atoms with Gasteiger partial charge >= 0.3 is 5.97 Å². The fraction of sp³-hybridized carbons (Fsp3) is 0.950. The molecule has 4 rings (SSSR count). The van der Waals surface area contributed by atoms with E-state index in [0.29, 0.717) is 41.6 Å². The fourth-order valence-corrected chi connectivity index (χ4v) is 7.97. The van der Waals surface area contributed by atoms with Crippen LogP contribution >= 0.6 is 0 Å². The number of carboxylic acids is 1. The maximum atomic E-state index is 11.3. The number of aliphatic hydroxyl groups is 1. The Hall–Kier alpha value is -0.570. The van der Waals surface area contributed by atoms with Gasteiger partial charge in [-0.25, -0.2) is 0 Å². The number of fused-ring (bicyclic) bond motifs is 3. The van der Waals surface area contributed by atoms with E-state index in [-0.39, 0.29) is 0 Å². The van der Waals surface area contributed by atoms with Gasteiger partial charge in [-0.05, 0) is 91.8 Å². The minimum atomic E-state index is -0.607. The Morgan fingerprint density at radius 1 is 1.09 bits per heavy atom. The van der Waals surface area contributed by atoms with Crippen molar-refractivity contribution < 1.29 is 15.0 Å². The van der Waals surface area contributed by atoms with Gasteiger partial charge in [0.2, 0.25) is 0 Å². The van der Waals surface area contributed by atoms with E-state index < -0.39 is 5.97 Å². The molecule has 3 nitrogen and oxygen atoms in total. The first-order valence-corrected chi connectivity index (χ1v) is 9.81. The van der Waals surface area contributed by atoms with Crippen molar-refractivity contribution in [3.05, 3.63) is 0 Å². The highest BCUT2D eigenvalue weighted by atomic mass is 16.4. The predicted molar refractivity (Wildman–Crippen MR) is 88.9 cm³/mol. The van der Waals surface area contributed by atoms with Crippen molar-refractivity contribution in [3.63, 3.8) is 0 Å². The zero-order valence-corrected chi connectivity index (χ0v) is 14.5. The maximum absolute atomic E-state index is 11.3. The Morgan fingerprint density at radius 3 is 2.65 bits per heavy atom. The molecule has 1 spiro atoms. The van der Waals surface area contributed by atoms with Crippen LogP contribution in [0.2, 0.25) is 0 Å². The molecule has 4 fully saturated rings. The minimum absolute atomic E-state index is 0.353. The van der Waals surface area contributed by atoms with Gasteiger partial charge in [-0.15, -0.1) is 0 Å². The lowest BCUT2D eigenvalue weighted by Gasteiger charge is -2.61. The third-order valence-corrected chi connectivity index (χ3v) is 8.70. The first-order chi connectivity index (χ1) is 11.0. The van der Waals surface area contributed by atoms with Crippen molar-refractivity contribution >= 4 is 5.97 Å². The molecule has 4 saturated carbocycles. The zero-order valence-electron chi connectivity index (χ0n) is 14.5. The van der Waals surface area contributed by atoms with Gasteiger partial charge in [0.05, 0.1) is 0 Å². The molecule has 0 amide bonds. The lowest BCUT2D eigenvalue weighted by molar-refractivity contribution is -0.146. The van der Waals surface area contributed by atoms with Crippen LogP contribution in [0.15, 0.2) is 0 Å². The van der Waals surface area contributed by atoms with Gasteiger partial charge in [0, 0.05) is 13.0 Å². The van der Waals surface area contributed by atoms with Crippen LogP contribution in [0.3, 0.4) is 0 Å². The SMILES string of the molecule is C[C@@]12CCC[C@H](CC(=O)O)[C@H]1CCC13CC(CO)C(CC[C@H]12)C3. The van der Waals surface area contributed by atoms with Crippen LogP contribution in [0.25, 0.3) is 0 Å². The van der Waals surface area contributed by atoms with Crippen molar-refractivity contribution in [1.29, 1.82) is 0 Å². The number of carbonyl (C=O) groups is 1. The van der Waals surface area contributed by atoms with E-state index in [1.807, 2.05) is 0 Å². The molecule has 4 aliphatic rings. The van der Waals surface area contributed by atoms with Crippen LogP contribution in [0.5, 0.6) is 0 Å². The fourth-order valence-electron chi connectivity index (χ4n) is 7.97. The average Bonchev–Trinajstić information content (AvgIpc) is 2.77. The van der Waals surface area contributed by atoms with E-state index in [1.54, 1.807) is 0 Å². The summed E-state index contributed by atoms with van der Waals surface area (Å²) in [5.41, 5.74) is 0.832. The molecule has 2 N–H and O–H groups in total. The molecule has 0 saturated heterocycles. The summed E-state index contributed by atoms with van der Waals surface area (Å²) in [5.74, 6) is 2.49. The molecule has 0 aromatic heterocycles. The molecular weight excluding hydrogens is 288 g/mol. The van der Waals surface area contributed by atoms with Crippen LogP contribution in [0, 0.1) is 40.4 Å². The van der Waals surface area contributed by atoms with E-state index in [2.05, 4.69) is 6.92 Å². The van der Waals surface area contributed by atoms with Crippen LogP contribution in [-0.4, -0.2) is 22.8 Å². The summed E-state index contributed by atoms with van der Waals surface area (Å²) < 4.78 is 0. The summed E-state index contributed by atoms with van der Waals surface area (Å²) in [6, 6.07) is 0. The summed E-state index contributed by atoms with van der Waals surface area (Å²) in [7, 11) is 0. The predicted octanol–water partition coefficient (Wildman–Crippen LogP) is 4.09. The van der Waals surface area contributed by atoms with Crippen LogP contribution in [0.4, 0.5) is 0 Å². The Kier molecular flexibility index (Phi) is 3.79. The van der Waals surface area contributed by atoms with Gasteiger partial charge in [-0.3, -0.25) is 4.79 Å². The Balaban J connectivity index is 1.63. The van der Waals surface area contributed by atoms with Crippen molar-refractivity contribution in [2.75, 3.05) is 6.61 Å². The second kappa shape index (κ2) is 5.47. The molecule has 2 bridgehead atoms. The number of carboxylic acid groups (broad SMARTS) is 1. The Morgan fingerprint density at radius 2 is 1.91 bits per heavy atom. The number of aliphatic hydroxyl groups excluding tert-OH is 1. The topological polar surface area (TPSA) is 57.5 Å². The number of hydrogen-bond donors (Lipinski definition) is 2. The maximum Gasteiger partial charge on any atom is 0.303 e. The van der Waals surface area contributed by atoms with E-state index in [1.165, 1.54) is 51.4 Å². The molecular formula is C20H32O3. The lowest BCUT2D eigenvalue weighted by Crippen LogP contribution is -2.54. The standard InChI is InChI=1S/C20H32O3/c1-19-7-2-3-13(9-18(22)23)16(19)6-8-20-10-14(4-5-17(19)20)15(11-20)12-21/h13-17,21H,2-12H2,1H3,(H,22,23)/t13-,14?,15?,16-,17+,19-,20?/m1/s1. The lowest BCUT2D eigenvalue weighted by atomic mass is 9.43. The quantitative estimate of drug-likeness (QED) is 0.823.